The molecular formula is C7H4N2O3. The van der Waals surface area contributed by atoms with Crippen molar-refractivity contribution in [1.29, 1.82) is 0 Å². The summed E-state index contributed by atoms with van der Waals surface area (Å²) < 4.78 is 4.26. The smallest absolute Gasteiger partial charge is 0.371 e. The summed E-state index contributed by atoms with van der Waals surface area (Å²) in [6, 6.07) is 3.21. The molecule has 0 aromatic carbocycles. The van der Waals surface area contributed by atoms with Gasteiger partial charge in [0, 0.05) is 6.20 Å². The van der Waals surface area contributed by atoms with E-state index in [2.05, 4.69) is 14.4 Å². The van der Waals surface area contributed by atoms with Gasteiger partial charge in [-0.3, -0.25) is 4.98 Å². The lowest BCUT2D eigenvalue weighted by molar-refractivity contribution is 0.458. The Balaban J connectivity index is 3.09. The van der Waals surface area contributed by atoms with Crippen molar-refractivity contribution in [3.8, 4) is 0 Å². The molecule has 0 aliphatic carbocycles. The maximum Gasteiger partial charge on any atom is 0.419 e. The predicted octanol–water partition coefficient (Wildman–Crippen LogP) is -0.124. The van der Waals surface area contributed by atoms with E-state index in [1.54, 1.807) is 12.1 Å². The van der Waals surface area contributed by atoms with Crippen molar-refractivity contribution in [3.05, 3.63) is 39.3 Å². The Morgan fingerprint density at radius 2 is 2.25 bits per heavy atom. The molecule has 2 rings (SSSR count). The second-order valence-corrected chi connectivity index (χ2v) is 2.20. The van der Waals surface area contributed by atoms with Crippen molar-refractivity contribution in [2.75, 3.05) is 0 Å². The maximum absolute atomic E-state index is 11.0. The van der Waals surface area contributed by atoms with Crippen molar-refractivity contribution in [1.82, 2.24) is 9.97 Å². The van der Waals surface area contributed by atoms with Gasteiger partial charge in [-0.25, -0.2) is 14.6 Å². The number of H-pyrrole nitrogens is 1. The number of pyridine rings is 1. The molecule has 0 aliphatic heterocycles. The average Bonchev–Trinajstić information content (AvgIpc) is 2.04. The summed E-state index contributed by atoms with van der Waals surface area (Å²) in [5.41, 5.74) is -0.190. The maximum atomic E-state index is 11.0. The molecule has 2 aromatic heterocycles. The lowest BCUT2D eigenvalue weighted by atomic mass is 10.4. The number of hydrogen-bond donors (Lipinski definition) is 1. The molecule has 0 bridgehead atoms. The van der Waals surface area contributed by atoms with Crippen LogP contribution >= 0.6 is 0 Å². The third kappa shape index (κ3) is 0.914. The highest BCUT2D eigenvalue weighted by molar-refractivity contribution is 5.71. The molecule has 12 heavy (non-hydrogen) atoms. The standard InChI is InChI=1S/C7H4N2O3/c10-6-5-4(2-1-3-8-5)9-7(11)12-6/h1-3H,(H,9,11). The number of nitrogens with zero attached hydrogens (tertiary/aromatic N) is 1. The molecule has 5 nitrogen and oxygen atoms in total. The van der Waals surface area contributed by atoms with Gasteiger partial charge in [0.1, 0.15) is 0 Å². The Labute approximate surface area is 65.7 Å². The van der Waals surface area contributed by atoms with Crippen LogP contribution < -0.4 is 11.4 Å². The van der Waals surface area contributed by atoms with E-state index in [1.807, 2.05) is 0 Å². The first kappa shape index (κ1) is 6.78. The van der Waals surface area contributed by atoms with Crippen molar-refractivity contribution in [2.24, 2.45) is 0 Å². The summed E-state index contributed by atoms with van der Waals surface area (Å²) in [6.07, 6.45) is 1.46. The molecule has 5 heteroatoms. The highest BCUT2D eigenvalue weighted by atomic mass is 16.4. The average molecular weight is 164 g/mol. The van der Waals surface area contributed by atoms with E-state index >= 15 is 0 Å². The lowest BCUT2D eigenvalue weighted by Crippen LogP contribution is -2.15. The third-order valence-electron chi connectivity index (χ3n) is 1.42. The summed E-state index contributed by atoms with van der Waals surface area (Å²) in [5, 5.41) is 0. The van der Waals surface area contributed by atoms with Gasteiger partial charge in [0.25, 0.3) is 0 Å². The zero-order chi connectivity index (χ0) is 8.55. The van der Waals surface area contributed by atoms with E-state index in [0.717, 1.165) is 0 Å². The van der Waals surface area contributed by atoms with E-state index in [0.29, 0.717) is 5.52 Å². The fourth-order valence-electron chi connectivity index (χ4n) is 0.937. The summed E-state index contributed by atoms with van der Waals surface area (Å²) in [6.45, 7) is 0. The van der Waals surface area contributed by atoms with Gasteiger partial charge in [0.15, 0.2) is 5.52 Å². The monoisotopic (exact) mass is 164 g/mol. The quantitative estimate of drug-likeness (QED) is 0.588. The minimum Gasteiger partial charge on any atom is -0.371 e. The molecule has 0 atom stereocenters. The second-order valence-electron chi connectivity index (χ2n) is 2.20. The van der Waals surface area contributed by atoms with E-state index in [-0.39, 0.29) is 5.52 Å². The Morgan fingerprint density at radius 3 is 3.08 bits per heavy atom. The molecule has 0 amide bonds. The Morgan fingerprint density at radius 1 is 1.42 bits per heavy atom. The molecule has 0 saturated heterocycles. The number of aromatic nitrogens is 2. The molecule has 1 N–H and O–H groups in total. The fourth-order valence-corrected chi connectivity index (χ4v) is 0.937. The minimum atomic E-state index is -0.763. The Bertz CT molecular complexity index is 526. The molecule has 2 heterocycles. The van der Waals surface area contributed by atoms with Crippen LogP contribution in [0.25, 0.3) is 11.0 Å². The van der Waals surface area contributed by atoms with E-state index in [4.69, 9.17) is 0 Å². The third-order valence-corrected chi connectivity index (χ3v) is 1.42. The largest absolute Gasteiger partial charge is 0.419 e. The van der Waals surface area contributed by atoms with E-state index in [1.165, 1.54) is 6.20 Å². The molecule has 2 aromatic rings. The molecule has 0 unspecified atom stereocenters. The number of rotatable bonds is 0. The topological polar surface area (TPSA) is 76.0 Å². The molecule has 0 radical (unpaired) electrons. The van der Waals surface area contributed by atoms with Crippen molar-refractivity contribution in [2.45, 2.75) is 0 Å². The van der Waals surface area contributed by atoms with Crippen LogP contribution in [-0.2, 0) is 0 Å². The van der Waals surface area contributed by atoms with Crippen LogP contribution in [0.1, 0.15) is 0 Å². The zero-order valence-electron chi connectivity index (χ0n) is 5.90. The van der Waals surface area contributed by atoms with Crippen LogP contribution in [0.5, 0.6) is 0 Å². The first-order valence-corrected chi connectivity index (χ1v) is 3.25. The van der Waals surface area contributed by atoms with Crippen molar-refractivity contribution >= 4 is 11.0 Å². The van der Waals surface area contributed by atoms with Crippen LogP contribution in [0.4, 0.5) is 0 Å². The fraction of sp³-hybridized carbons (Fsp3) is 0. The number of aromatic amines is 1. The lowest BCUT2D eigenvalue weighted by Gasteiger charge is -1.90. The van der Waals surface area contributed by atoms with Gasteiger partial charge >= 0.3 is 11.4 Å². The zero-order valence-corrected chi connectivity index (χ0v) is 5.90. The van der Waals surface area contributed by atoms with Gasteiger partial charge < -0.3 is 4.42 Å². The minimum absolute atomic E-state index is 0.136. The number of fused-ring (bicyclic) bond motifs is 1. The van der Waals surface area contributed by atoms with Crippen LogP contribution in [0.3, 0.4) is 0 Å². The van der Waals surface area contributed by atoms with Crippen molar-refractivity contribution < 1.29 is 4.42 Å². The summed E-state index contributed by atoms with van der Waals surface area (Å²) in [5.74, 6) is -0.763. The normalized spacial score (nSPS) is 10.3. The van der Waals surface area contributed by atoms with E-state index in [9.17, 15) is 9.59 Å². The molecule has 0 spiro atoms. The molecule has 0 aliphatic rings. The molecule has 0 fully saturated rings. The van der Waals surface area contributed by atoms with Gasteiger partial charge in [0.05, 0.1) is 5.52 Å². The summed E-state index contributed by atoms with van der Waals surface area (Å²) in [4.78, 5) is 27.7. The van der Waals surface area contributed by atoms with Gasteiger partial charge in [-0.2, -0.15) is 0 Å². The van der Waals surface area contributed by atoms with Crippen LogP contribution in [0.2, 0.25) is 0 Å². The first-order valence-electron chi connectivity index (χ1n) is 3.25. The first-order chi connectivity index (χ1) is 5.77. The molecule has 60 valence electrons. The Kier molecular flexibility index (Phi) is 1.30. The van der Waals surface area contributed by atoms with Gasteiger partial charge in [-0.15, -0.1) is 0 Å². The highest BCUT2D eigenvalue weighted by Crippen LogP contribution is 1.97. The van der Waals surface area contributed by atoms with E-state index < -0.39 is 11.4 Å². The van der Waals surface area contributed by atoms with Gasteiger partial charge in [0.2, 0.25) is 0 Å². The summed E-state index contributed by atoms with van der Waals surface area (Å²) >= 11 is 0. The molecular weight excluding hydrogens is 160 g/mol. The van der Waals surface area contributed by atoms with Crippen molar-refractivity contribution in [3.63, 3.8) is 0 Å². The van der Waals surface area contributed by atoms with Crippen LogP contribution in [-0.4, -0.2) is 9.97 Å². The molecule has 0 saturated carbocycles. The summed E-state index contributed by atoms with van der Waals surface area (Å²) in [7, 11) is 0. The number of nitrogens with one attached hydrogen (secondary N) is 1. The predicted molar refractivity (Wildman–Crippen MR) is 40.9 cm³/mol. The van der Waals surface area contributed by atoms with Gasteiger partial charge in [-0.1, -0.05) is 0 Å². The van der Waals surface area contributed by atoms with Crippen LogP contribution in [0, 0.1) is 0 Å². The Hall–Kier alpha value is -1.91. The van der Waals surface area contributed by atoms with Gasteiger partial charge in [-0.05, 0) is 12.1 Å². The highest BCUT2D eigenvalue weighted by Gasteiger charge is 2.00. The van der Waals surface area contributed by atoms with Crippen LogP contribution in [0.15, 0.2) is 32.3 Å². The number of hydrogen-bond acceptors (Lipinski definition) is 4. The second kappa shape index (κ2) is 2.30. The SMILES string of the molecule is O=c1[nH]c2cccnc2c(=O)o1.